The van der Waals surface area contributed by atoms with Gasteiger partial charge in [0.05, 0.1) is 19.3 Å². The van der Waals surface area contributed by atoms with Crippen LogP contribution in [0.15, 0.2) is 42.5 Å². The van der Waals surface area contributed by atoms with Crippen LogP contribution in [0.5, 0.6) is 5.75 Å². The molecule has 6 heteroatoms. The van der Waals surface area contributed by atoms with Crippen molar-refractivity contribution >= 4 is 34.8 Å². The van der Waals surface area contributed by atoms with Crippen LogP contribution in [0.2, 0.25) is 10.0 Å². The molecule has 0 spiro atoms. The molecule has 4 nitrogen and oxygen atoms in total. The highest BCUT2D eigenvalue weighted by molar-refractivity contribution is 6.31. The molecule has 0 fully saturated rings. The predicted molar refractivity (Wildman–Crippen MR) is 94.5 cm³/mol. The Hall–Kier alpha value is -1.75. The first kappa shape index (κ1) is 17.6. The molecule has 122 valence electrons. The lowest BCUT2D eigenvalue weighted by Gasteiger charge is -2.15. The van der Waals surface area contributed by atoms with Gasteiger partial charge in [0, 0.05) is 16.1 Å². The number of ether oxygens (including phenoxy) is 1. The number of carbonyl (C=O) groups excluding carboxylic acids is 1. The lowest BCUT2D eigenvalue weighted by atomic mass is 10.1. The van der Waals surface area contributed by atoms with Gasteiger partial charge in [0.15, 0.2) is 0 Å². The minimum absolute atomic E-state index is 0.000655. The second-order valence-electron chi connectivity index (χ2n) is 5.05. The average Bonchev–Trinajstić information content (AvgIpc) is 2.53. The predicted octanol–water partition coefficient (Wildman–Crippen LogP) is 4.29. The van der Waals surface area contributed by atoms with Crippen molar-refractivity contribution in [3.05, 3.63) is 58.1 Å². The van der Waals surface area contributed by atoms with E-state index in [1.807, 2.05) is 31.2 Å². The Morgan fingerprint density at radius 1 is 1.17 bits per heavy atom. The van der Waals surface area contributed by atoms with Gasteiger partial charge in [-0.3, -0.25) is 4.79 Å². The van der Waals surface area contributed by atoms with Gasteiger partial charge in [0.1, 0.15) is 5.75 Å². The van der Waals surface area contributed by atoms with Gasteiger partial charge in [0.2, 0.25) is 5.91 Å². The molecular weight excluding hydrogens is 335 g/mol. The van der Waals surface area contributed by atoms with E-state index in [9.17, 15) is 4.79 Å². The highest BCUT2D eigenvalue weighted by atomic mass is 35.5. The zero-order valence-corrected chi connectivity index (χ0v) is 14.4. The van der Waals surface area contributed by atoms with Gasteiger partial charge in [-0.1, -0.05) is 35.3 Å². The summed E-state index contributed by atoms with van der Waals surface area (Å²) in [4.78, 5) is 12.1. The molecule has 0 aromatic heterocycles. The fourth-order valence-corrected chi connectivity index (χ4v) is 2.48. The molecule has 2 aromatic carbocycles. The summed E-state index contributed by atoms with van der Waals surface area (Å²) < 4.78 is 5.20. The third-order valence-corrected chi connectivity index (χ3v) is 3.82. The summed E-state index contributed by atoms with van der Waals surface area (Å²) in [5.41, 5.74) is 1.56. The minimum Gasteiger partial charge on any atom is -0.495 e. The summed E-state index contributed by atoms with van der Waals surface area (Å²) >= 11 is 11.9. The number of halogens is 2. The molecule has 2 aromatic rings. The summed E-state index contributed by atoms with van der Waals surface area (Å²) in [6.45, 7) is 2.13. The third-order valence-electron chi connectivity index (χ3n) is 3.35. The number of methoxy groups -OCH3 is 1. The maximum absolute atomic E-state index is 12.1. The molecule has 0 aliphatic rings. The zero-order chi connectivity index (χ0) is 16.8. The van der Waals surface area contributed by atoms with E-state index in [-0.39, 0.29) is 18.5 Å². The van der Waals surface area contributed by atoms with E-state index in [1.165, 1.54) is 0 Å². The molecule has 0 aliphatic heterocycles. The summed E-state index contributed by atoms with van der Waals surface area (Å²) in [6.07, 6.45) is 0. The van der Waals surface area contributed by atoms with Crippen molar-refractivity contribution in [1.82, 2.24) is 5.32 Å². The smallest absolute Gasteiger partial charge is 0.238 e. The Balaban J connectivity index is 1.94. The fraction of sp³-hybridized carbons (Fsp3) is 0.235. The normalized spacial score (nSPS) is 11.8. The molecule has 2 N–H and O–H groups in total. The number of rotatable bonds is 6. The van der Waals surface area contributed by atoms with Crippen molar-refractivity contribution in [3.63, 3.8) is 0 Å². The molecule has 0 saturated carbocycles. The highest BCUT2D eigenvalue weighted by Gasteiger charge is 2.11. The Kier molecular flexibility index (Phi) is 6.28. The Labute approximate surface area is 145 Å². The van der Waals surface area contributed by atoms with Crippen LogP contribution in [0.3, 0.4) is 0 Å². The topological polar surface area (TPSA) is 50.4 Å². The lowest BCUT2D eigenvalue weighted by Crippen LogP contribution is -2.30. The van der Waals surface area contributed by atoms with E-state index >= 15 is 0 Å². The molecule has 0 heterocycles. The molecule has 1 atom stereocenters. The van der Waals surface area contributed by atoms with Crippen LogP contribution >= 0.6 is 23.2 Å². The van der Waals surface area contributed by atoms with E-state index in [0.717, 1.165) is 5.56 Å². The van der Waals surface area contributed by atoms with E-state index < -0.39 is 0 Å². The van der Waals surface area contributed by atoms with E-state index in [0.29, 0.717) is 21.5 Å². The fourth-order valence-electron chi connectivity index (χ4n) is 2.11. The maximum Gasteiger partial charge on any atom is 0.238 e. The van der Waals surface area contributed by atoms with Gasteiger partial charge in [-0.25, -0.2) is 0 Å². The monoisotopic (exact) mass is 352 g/mol. The van der Waals surface area contributed by atoms with Crippen LogP contribution in [0.1, 0.15) is 18.5 Å². The highest BCUT2D eigenvalue weighted by Crippen LogP contribution is 2.27. The van der Waals surface area contributed by atoms with Gasteiger partial charge >= 0.3 is 0 Å². The van der Waals surface area contributed by atoms with Crippen molar-refractivity contribution in [1.29, 1.82) is 0 Å². The quantitative estimate of drug-likeness (QED) is 0.815. The number of hydrogen-bond acceptors (Lipinski definition) is 3. The van der Waals surface area contributed by atoms with Crippen LogP contribution in [0.4, 0.5) is 5.69 Å². The summed E-state index contributed by atoms with van der Waals surface area (Å²) in [7, 11) is 1.54. The molecule has 23 heavy (non-hydrogen) atoms. The number of amides is 1. The van der Waals surface area contributed by atoms with E-state index in [1.54, 1.807) is 25.3 Å². The number of carbonyl (C=O) groups is 1. The molecule has 0 saturated heterocycles. The first-order valence-electron chi connectivity index (χ1n) is 7.12. The van der Waals surface area contributed by atoms with Crippen LogP contribution in [0.25, 0.3) is 0 Å². The van der Waals surface area contributed by atoms with Crippen molar-refractivity contribution in [2.45, 2.75) is 13.0 Å². The number of benzene rings is 2. The van der Waals surface area contributed by atoms with Crippen molar-refractivity contribution in [2.75, 3.05) is 19.0 Å². The molecule has 0 radical (unpaired) electrons. The molecule has 0 unspecified atom stereocenters. The summed E-state index contributed by atoms with van der Waals surface area (Å²) in [6, 6.07) is 12.6. The Morgan fingerprint density at radius 3 is 2.61 bits per heavy atom. The van der Waals surface area contributed by atoms with Crippen molar-refractivity contribution < 1.29 is 9.53 Å². The first-order valence-corrected chi connectivity index (χ1v) is 7.87. The third kappa shape index (κ3) is 5.13. The summed E-state index contributed by atoms with van der Waals surface area (Å²) in [5, 5.41) is 7.14. The Morgan fingerprint density at radius 2 is 1.91 bits per heavy atom. The molecule has 2 rings (SSSR count). The largest absolute Gasteiger partial charge is 0.495 e. The lowest BCUT2D eigenvalue weighted by molar-refractivity contribution is -0.115. The van der Waals surface area contributed by atoms with Crippen molar-refractivity contribution in [2.24, 2.45) is 0 Å². The molecule has 0 aliphatic carbocycles. The van der Waals surface area contributed by atoms with E-state index in [4.69, 9.17) is 27.9 Å². The standard InChI is InChI=1S/C17H18Cl2N2O2/c1-11(12-4-3-5-13(18)8-12)20-10-17(22)21-15-9-14(19)6-7-16(15)23-2/h3-9,11,20H,10H2,1-2H3,(H,21,22)/t11-/m0/s1. The second kappa shape index (κ2) is 8.20. The molecule has 1 amide bonds. The average molecular weight is 353 g/mol. The maximum atomic E-state index is 12.1. The van der Waals surface area contributed by atoms with Crippen LogP contribution < -0.4 is 15.4 Å². The number of nitrogens with one attached hydrogen (secondary N) is 2. The van der Waals surface area contributed by atoms with Crippen LogP contribution in [-0.4, -0.2) is 19.6 Å². The van der Waals surface area contributed by atoms with Crippen molar-refractivity contribution in [3.8, 4) is 5.75 Å². The Bertz CT molecular complexity index is 692. The zero-order valence-electron chi connectivity index (χ0n) is 12.9. The van der Waals surface area contributed by atoms with Gasteiger partial charge in [0.25, 0.3) is 0 Å². The molecule has 0 bridgehead atoms. The van der Waals surface area contributed by atoms with Crippen LogP contribution in [0, 0.1) is 0 Å². The molecular formula is C17H18Cl2N2O2. The van der Waals surface area contributed by atoms with Gasteiger partial charge < -0.3 is 15.4 Å². The summed E-state index contributed by atoms with van der Waals surface area (Å²) in [5.74, 6) is 0.380. The number of anilines is 1. The van der Waals surface area contributed by atoms with Gasteiger partial charge in [-0.2, -0.15) is 0 Å². The number of hydrogen-bond donors (Lipinski definition) is 2. The van der Waals surface area contributed by atoms with Gasteiger partial charge in [-0.05, 0) is 42.8 Å². The second-order valence-corrected chi connectivity index (χ2v) is 5.92. The first-order chi connectivity index (χ1) is 11.0. The SMILES string of the molecule is COc1ccc(Cl)cc1NC(=O)CN[C@@H](C)c1cccc(Cl)c1. The minimum atomic E-state index is -0.181. The van der Waals surface area contributed by atoms with Crippen LogP contribution in [-0.2, 0) is 4.79 Å². The van der Waals surface area contributed by atoms with Gasteiger partial charge in [-0.15, -0.1) is 0 Å². The van der Waals surface area contributed by atoms with E-state index in [2.05, 4.69) is 10.6 Å².